The van der Waals surface area contributed by atoms with Crippen molar-refractivity contribution in [2.45, 2.75) is 100 Å². The van der Waals surface area contributed by atoms with Gasteiger partial charge < -0.3 is 9.47 Å². The van der Waals surface area contributed by atoms with Crippen LogP contribution in [0.1, 0.15) is 93.0 Å². The quantitative estimate of drug-likeness (QED) is 0.0700. The van der Waals surface area contributed by atoms with Gasteiger partial charge in [-0.15, -0.1) is 0 Å². The van der Waals surface area contributed by atoms with Gasteiger partial charge in [0, 0.05) is 16.1 Å². The van der Waals surface area contributed by atoms with Gasteiger partial charge in [-0.1, -0.05) is 113 Å². The lowest BCUT2D eigenvalue weighted by molar-refractivity contribution is 0.414. The van der Waals surface area contributed by atoms with Crippen LogP contribution in [0.4, 0.5) is 0 Å². The molecule has 4 aromatic rings. The molecule has 0 radical (unpaired) electrons. The summed E-state index contributed by atoms with van der Waals surface area (Å²) in [5.41, 5.74) is 4.97. The van der Waals surface area contributed by atoms with Crippen molar-refractivity contribution in [1.82, 2.24) is 0 Å². The molecule has 0 aromatic heterocycles. The topological polar surface area (TPSA) is 52.6 Å². The van der Waals surface area contributed by atoms with Gasteiger partial charge in [-0.25, -0.2) is 8.42 Å². The second-order valence-electron chi connectivity index (χ2n) is 13.1. The van der Waals surface area contributed by atoms with Crippen molar-refractivity contribution in [2.75, 3.05) is 17.8 Å². The average Bonchev–Trinajstić information content (AvgIpc) is 3.08. The molecule has 7 heteroatoms. The largest absolute Gasteiger partial charge is 0.497 e. The maximum Gasteiger partial charge on any atom is 0.207 e. The van der Waals surface area contributed by atoms with Crippen LogP contribution < -0.4 is 9.47 Å². The molecule has 48 heavy (non-hydrogen) atoms. The average molecular weight is 799 g/mol. The first-order chi connectivity index (χ1) is 23.1. The Morgan fingerprint density at radius 3 is 1.56 bits per heavy atom. The van der Waals surface area contributed by atoms with Crippen LogP contribution in [0, 0.1) is 6.92 Å². The molecule has 0 amide bonds. The lowest BCUT2D eigenvalue weighted by Gasteiger charge is -2.26. The molecule has 0 heterocycles. The minimum Gasteiger partial charge on any atom is -0.497 e. The molecule has 0 saturated heterocycles. The number of aryl methyl sites for hydroxylation is 3. The highest BCUT2D eigenvalue weighted by Gasteiger charge is 2.26. The molecular formula is C41H50Br2O4S. The second kappa shape index (κ2) is 18.4. The van der Waals surface area contributed by atoms with Gasteiger partial charge in [0.25, 0.3) is 0 Å². The summed E-state index contributed by atoms with van der Waals surface area (Å²) in [6.45, 7) is 6.44. The molecule has 0 unspecified atom stereocenters. The number of rotatable bonds is 19. The van der Waals surface area contributed by atoms with E-state index in [2.05, 4.69) is 70.0 Å². The zero-order valence-corrected chi connectivity index (χ0v) is 32.9. The number of ether oxygens (including phenoxy) is 2. The van der Waals surface area contributed by atoms with E-state index in [0.29, 0.717) is 27.7 Å². The molecule has 0 saturated carbocycles. The lowest BCUT2D eigenvalue weighted by Crippen LogP contribution is -2.18. The molecule has 0 fully saturated rings. The third-order valence-electron chi connectivity index (χ3n) is 9.11. The first-order valence-corrected chi connectivity index (χ1v) is 20.8. The van der Waals surface area contributed by atoms with Gasteiger partial charge in [0.15, 0.2) is 0 Å². The van der Waals surface area contributed by atoms with Gasteiger partial charge >= 0.3 is 0 Å². The highest BCUT2D eigenvalue weighted by Crippen LogP contribution is 2.36. The molecule has 0 aliphatic rings. The molecule has 0 aliphatic heterocycles. The van der Waals surface area contributed by atoms with Crippen molar-refractivity contribution in [3.05, 3.63) is 113 Å². The molecule has 0 bridgehead atoms. The molecule has 258 valence electrons. The van der Waals surface area contributed by atoms with Crippen LogP contribution in [0.25, 0.3) is 0 Å². The van der Waals surface area contributed by atoms with E-state index in [4.69, 9.17) is 9.47 Å². The van der Waals surface area contributed by atoms with Gasteiger partial charge in [-0.3, -0.25) is 0 Å². The van der Waals surface area contributed by atoms with Crippen LogP contribution in [-0.4, -0.2) is 26.2 Å². The zero-order valence-electron chi connectivity index (χ0n) is 28.9. The third-order valence-corrected chi connectivity index (χ3v) is 12.2. The summed E-state index contributed by atoms with van der Waals surface area (Å²) < 4.78 is 40.4. The van der Waals surface area contributed by atoms with Crippen LogP contribution in [0.5, 0.6) is 17.2 Å². The minimum atomic E-state index is -3.73. The highest BCUT2D eigenvalue weighted by molar-refractivity contribution is 9.09. The summed E-state index contributed by atoms with van der Waals surface area (Å²) in [6, 6.07) is 27.6. The first kappa shape index (κ1) is 38.2. The predicted molar refractivity (Wildman–Crippen MR) is 207 cm³/mol. The standard InChI is InChI=1S/C41H50Br2O4S/c1-31-15-25-39(32(29-31)13-9-5-7-11-27-42)48(44,45)40-26-24-38(30-33(40)14-10-6-8-12-28-43)47-37-22-18-35(19-23-37)41(2,3)34-16-20-36(46-4)21-17-34/h15-26,29-30H,5-14,27-28H2,1-4H3. The molecule has 0 N–H and O–H groups in total. The van der Waals surface area contributed by atoms with Crippen molar-refractivity contribution in [3.8, 4) is 17.2 Å². The van der Waals surface area contributed by atoms with Gasteiger partial charge in [0.05, 0.1) is 16.9 Å². The molecule has 4 nitrogen and oxygen atoms in total. The molecule has 0 spiro atoms. The Morgan fingerprint density at radius 1 is 0.583 bits per heavy atom. The fraction of sp³-hybridized carbons (Fsp3) is 0.415. The number of hydrogen-bond donors (Lipinski definition) is 0. The Kier molecular flexibility index (Phi) is 14.6. The molecule has 4 aromatic carbocycles. The van der Waals surface area contributed by atoms with Crippen LogP contribution >= 0.6 is 31.9 Å². The van der Waals surface area contributed by atoms with Crippen molar-refractivity contribution >= 4 is 41.7 Å². The Balaban J connectivity index is 1.59. The van der Waals surface area contributed by atoms with Gasteiger partial charge in [-0.2, -0.15) is 0 Å². The molecular weight excluding hydrogens is 748 g/mol. The summed E-state index contributed by atoms with van der Waals surface area (Å²) >= 11 is 7.03. The number of unbranched alkanes of at least 4 members (excludes halogenated alkanes) is 6. The SMILES string of the molecule is COc1ccc(C(C)(C)c2ccc(Oc3ccc(S(=O)(=O)c4ccc(C)cc4CCCCCCBr)c(CCCCCCBr)c3)cc2)cc1. The predicted octanol–water partition coefficient (Wildman–Crippen LogP) is 12.0. The summed E-state index contributed by atoms with van der Waals surface area (Å²) in [5.74, 6) is 2.19. The smallest absolute Gasteiger partial charge is 0.207 e. The Morgan fingerprint density at radius 2 is 1.04 bits per heavy atom. The van der Waals surface area contributed by atoms with E-state index in [1.54, 1.807) is 25.3 Å². The number of alkyl halides is 2. The lowest BCUT2D eigenvalue weighted by atomic mass is 9.78. The maximum atomic E-state index is 14.4. The van der Waals surface area contributed by atoms with E-state index in [-0.39, 0.29) is 5.41 Å². The number of halogens is 2. The third kappa shape index (κ3) is 10.2. The van der Waals surface area contributed by atoms with E-state index >= 15 is 0 Å². The highest BCUT2D eigenvalue weighted by atomic mass is 79.9. The summed E-state index contributed by atoms with van der Waals surface area (Å²) in [4.78, 5) is 0.814. The molecule has 4 rings (SSSR count). The monoisotopic (exact) mass is 796 g/mol. The van der Waals surface area contributed by atoms with E-state index in [1.807, 2.05) is 49.4 Å². The Bertz CT molecular complexity index is 1700. The normalized spacial score (nSPS) is 11.9. The summed E-state index contributed by atoms with van der Waals surface area (Å²) in [6.07, 6.45) is 9.97. The molecule has 0 aliphatic carbocycles. The van der Waals surface area contributed by atoms with Gasteiger partial charge in [0.2, 0.25) is 9.84 Å². The van der Waals surface area contributed by atoms with Crippen molar-refractivity contribution in [1.29, 1.82) is 0 Å². The van der Waals surface area contributed by atoms with Crippen molar-refractivity contribution < 1.29 is 17.9 Å². The Labute approximate surface area is 305 Å². The van der Waals surface area contributed by atoms with Gasteiger partial charge in [0.1, 0.15) is 17.2 Å². The van der Waals surface area contributed by atoms with Crippen LogP contribution in [-0.2, 0) is 28.1 Å². The number of benzene rings is 4. The van der Waals surface area contributed by atoms with E-state index in [0.717, 1.165) is 90.9 Å². The van der Waals surface area contributed by atoms with E-state index in [1.165, 1.54) is 11.1 Å². The summed E-state index contributed by atoms with van der Waals surface area (Å²) in [5, 5.41) is 1.99. The van der Waals surface area contributed by atoms with Crippen molar-refractivity contribution in [3.63, 3.8) is 0 Å². The second-order valence-corrected chi connectivity index (χ2v) is 16.5. The fourth-order valence-electron chi connectivity index (χ4n) is 6.14. The minimum absolute atomic E-state index is 0.203. The van der Waals surface area contributed by atoms with Crippen LogP contribution in [0.2, 0.25) is 0 Å². The zero-order chi connectivity index (χ0) is 34.6. The number of methoxy groups -OCH3 is 1. The van der Waals surface area contributed by atoms with Gasteiger partial charge in [-0.05, 0) is 116 Å². The maximum absolute atomic E-state index is 14.4. The Hall–Kier alpha value is -2.61. The van der Waals surface area contributed by atoms with E-state index < -0.39 is 9.84 Å². The fourth-order valence-corrected chi connectivity index (χ4v) is 8.67. The van der Waals surface area contributed by atoms with Crippen molar-refractivity contribution in [2.24, 2.45) is 0 Å². The number of hydrogen-bond acceptors (Lipinski definition) is 4. The first-order valence-electron chi connectivity index (χ1n) is 17.1. The van der Waals surface area contributed by atoms with Crippen LogP contribution in [0.15, 0.2) is 94.7 Å². The van der Waals surface area contributed by atoms with Crippen LogP contribution in [0.3, 0.4) is 0 Å². The van der Waals surface area contributed by atoms with E-state index in [9.17, 15) is 8.42 Å². The summed E-state index contributed by atoms with van der Waals surface area (Å²) in [7, 11) is -2.06. The molecule has 0 atom stereocenters. The number of sulfone groups is 1.